The van der Waals surface area contributed by atoms with Gasteiger partial charge in [0, 0.05) is 48.4 Å². The van der Waals surface area contributed by atoms with Crippen LogP contribution < -0.4 is 0 Å². The molecule has 3 aromatic rings. The monoisotopic (exact) mass is 516 g/mol. The van der Waals surface area contributed by atoms with Gasteiger partial charge in [-0.25, -0.2) is 0 Å². The van der Waals surface area contributed by atoms with Crippen LogP contribution in [-0.2, 0) is 9.59 Å². The van der Waals surface area contributed by atoms with Crippen molar-refractivity contribution in [1.29, 1.82) is 0 Å². The minimum atomic E-state index is -0.779. The molecule has 2 aromatic carbocycles. The molecule has 2 aliphatic heterocycles. The van der Waals surface area contributed by atoms with Gasteiger partial charge < -0.3 is 15.0 Å². The lowest BCUT2D eigenvalue weighted by molar-refractivity contribution is -0.384. The number of nitrogens with zero attached hydrogens (tertiary/aromatic N) is 3. The van der Waals surface area contributed by atoms with Crippen LogP contribution in [0.1, 0.15) is 42.7 Å². The van der Waals surface area contributed by atoms with Crippen LogP contribution in [0.5, 0.6) is 0 Å². The summed E-state index contributed by atoms with van der Waals surface area (Å²) in [5.41, 5.74) is 3.17. The number of amides is 1. The van der Waals surface area contributed by atoms with E-state index in [-0.39, 0.29) is 17.5 Å². The second-order valence-electron chi connectivity index (χ2n) is 10.2. The molecule has 0 spiro atoms. The van der Waals surface area contributed by atoms with Crippen LogP contribution in [0.15, 0.2) is 60.8 Å². The van der Waals surface area contributed by atoms with E-state index in [1.54, 1.807) is 23.1 Å². The molecule has 1 aromatic heterocycles. The van der Waals surface area contributed by atoms with E-state index in [0.29, 0.717) is 37.4 Å². The summed E-state index contributed by atoms with van der Waals surface area (Å²) in [7, 11) is 0. The number of carbonyl (C=O) groups excluding carboxylic acids is 1. The standard InChI is InChI=1S/C29H32N4O5/c34-27(10-7-20-5-8-23(9-6-20)33(37)38)31-15-13-22(14-16-31)28(29(35)36)32-17-11-21(12-18-32)25-19-30-26-4-2-1-3-24(25)26/h1-10,19,21-22,28,30H,11-18H2,(H,35,36)/b10-7+. The first-order valence-corrected chi connectivity index (χ1v) is 13.1. The summed E-state index contributed by atoms with van der Waals surface area (Å²) in [5.74, 6) is -0.495. The number of para-hydroxylation sites is 1. The van der Waals surface area contributed by atoms with Crippen molar-refractivity contribution in [3.63, 3.8) is 0 Å². The third kappa shape index (κ3) is 5.47. The Morgan fingerprint density at radius 1 is 1.00 bits per heavy atom. The summed E-state index contributed by atoms with van der Waals surface area (Å²) < 4.78 is 0. The molecule has 9 nitrogen and oxygen atoms in total. The highest BCUT2D eigenvalue weighted by atomic mass is 16.6. The average molecular weight is 517 g/mol. The predicted molar refractivity (Wildman–Crippen MR) is 145 cm³/mol. The number of aromatic amines is 1. The van der Waals surface area contributed by atoms with Crippen LogP contribution in [0.25, 0.3) is 17.0 Å². The molecule has 5 rings (SSSR count). The topological polar surface area (TPSA) is 120 Å². The van der Waals surface area contributed by atoms with Gasteiger partial charge in [-0.2, -0.15) is 0 Å². The van der Waals surface area contributed by atoms with E-state index in [0.717, 1.165) is 31.4 Å². The highest BCUT2D eigenvalue weighted by molar-refractivity contribution is 5.92. The second-order valence-corrected chi connectivity index (χ2v) is 10.2. The van der Waals surface area contributed by atoms with E-state index in [1.165, 1.54) is 29.2 Å². The largest absolute Gasteiger partial charge is 0.480 e. The number of H-pyrrole nitrogens is 1. The van der Waals surface area contributed by atoms with Crippen molar-refractivity contribution in [2.75, 3.05) is 26.2 Å². The number of hydrogen-bond acceptors (Lipinski definition) is 5. The molecule has 1 unspecified atom stereocenters. The van der Waals surface area contributed by atoms with Crippen LogP contribution in [0.3, 0.4) is 0 Å². The zero-order chi connectivity index (χ0) is 26.6. The molecule has 9 heteroatoms. The molecular weight excluding hydrogens is 484 g/mol. The van der Waals surface area contributed by atoms with E-state index >= 15 is 0 Å². The van der Waals surface area contributed by atoms with E-state index in [1.807, 2.05) is 6.07 Å². The number of hydrogen-bond donors (Lipinski definition) is 2. The molecule has 2 aliphatic rings. The van der Waals surface area contributed by atoms with Crippen molar-refractivity contribution >= 4 is 34.5 Å². The van der Waals surface area contributed by atoms with Crippen molar-refractivity contribution < 1.29 is 19.6 Å². The Hall–Kier alpha value is -3.98. The zero-order valence-corrected chi connectivity index (χ0v) is 21.2. The van der Waals surface area contributed by atoms with E-state index in [9.17, 15) is 24.8 Å². The van der Waals surface area contributed by atoms with Crippen molar-refractivity contribution in [1.82, 2.24) is 14.8 Å². The Balaban J connectivity index is 1.15. The number of rotatable bonds is 7. The Kier molecular flexibility index (Phi) is 7.55. The fourth-order valence-corrected chi connectivity index (χ4v) is 5.99. The van der Waals surface area contributed by atoms with Crippen LogP contribution >= 0.6 is 0 Å². The summed E-state index contributed by atoms with van der Waals surface area (Å²) in [6.45, 7) is 2.53. The number of piperidine rings is 2. The Labute approximate surface area is 220 Å². The van der Waals surface area contributed by atoms with Gasteiger partial charge in [0.1, 0.15) is 6.04 Å². The lowest BCUT2D eigenvalue weighted by Crippen LogP contribution is -2.52. The van der Waals surface area contributed by atoms with Gasteiger partial charge in [-0.1, -0.05) is 18.2 Å². The van der Waals surface area contributed by atoms with Gasteiger partial charge >= 0.3 is 5.97 Å². The van der Waals surface area contributed by atoms with Gasteiger partial charge in [-0.15, -0.1) is 0 Å². The summed E-state index contributed by atoms with van der Waals surface area (Å²) in [4.78, 5) is 42.6. The first-order chi connectivity index (χ1) is 18.4. The van der Waals surface area contributed by atoms with Crippen LogP contribution in [-0.4, -0.2) is 68.9 Å². The predicted octanol–water partition coefficient (Wildman–Crippen LogP) is 4.66. The molecule has 2 N–H and O–H groups in total. The third-order valence-corrected chi connectivity index (χ3v) is 8.06. The maximum absolute atomic E-state index is 12.7. The number of aromatic nitrogens is 1. The van der Waals surface area contributed by atoms with Crippen molar-refractivity contribution in [3.05, 3.63) is 82.0 Å². The van der Waals surface area contributed by atoms with Crippen molar-refractivity contribution in [2.24, 2.45) is 5.92 Å². The number of aliphatic carboxylic acids is 1. The number of benzene rings is 2. The van der Waals surface area contributed by atoms with Gasteiger partial charge in [0.25, 0.3) is 5.69 Å². The number of carboxylic acid groups (broad SMARTS) is 1. The van der Waals surface area contributed by atoms with Crippen molar-refractivity contribution in [2.45, 2.75) is 37.6 Å². The SMILES string of the molecule is O=C(O)C(C1CCN(C(=O)/C=C/c2ccc([N+](=O)[O-])cc2)CC1)N1CCC(c2c[nH]c3ccccc23)CC1. The summed E-state index contributed by atoms with van der Waals surface area (Å²) in [5, 5.41) is 22.2. The number of nitro benzene ring substituents is 1. The van der Waals surface area contributed by atoms with Gasteiger partial charge in [0.2, 0.25) is 5.91 Å². The molecule has 0 radical (unpaired) electrons. The number of nitrogens with one attached hydrogen (secondary N) is 1. The fourth-order valence-electron chi connectivity index (χ4n) is 5.99. The Morgan fingerprint density at radius 3 is 2.34 bits per heavy atom. The number of nitro groups is 1. The summed E-state index contributed by atoms with van der Waals surface area (Å²) >= 11 is 0. The first kappa shape index (κ1) is 25.7. The summed E-state index contributed by atoms with van der Waals surface area (Å²) in [6, 6.07) is 13.8. The lowest BCUT2D eigenvalue weighted by Gasteiger charge is -2.41. The number of likely N-dealkylation sites (tertiary alicyclic amines) is 2. The van der Waals surface area contributed by atoms with Crippen LogP contribution in [0, 0.1) is 16.0 Å². The average Bonchev–Trinajstić information content (AvgIpc) is 3.37. The van der Waals surface area contributed by atoms with Crippen LogP contribution in [0.4, 0.5) is 5.69 Å². The van der Waals surface area contributed by atoms with Crippen LogP contribution in [0.2, 0.25) is 0 Å². The highest BCUT2D eigenvalue weighted by Gasteiger charge is 2.38. The van der Waals surface area contributed by atoms with Gasteiger partial charge in [0.15, 0.2) is 0 Å². The summed E-state index contributed by atoms with van der Waals surface area (Å²) in [6.07, 6.45) is 8.38. The van der Waals surface area contributed by atoms with Crippen molar-refractivity contribution in [3.8, 4) is 0 Å². The number of non-ortho nitro benzene ring substituents is 1. The zero-order valence-electron chi connectivity index (χ0n) is 21.2. The molecule has 2 saturated heterocycles. The van der Waals surface area contributed by atoms with E-state index in [2.05, 4.69) is 34.3 Å². The molecular formula is C29H32N4O5. The normalized spacial score (nSPS) is 18.7. The number of carbonyl (C=O) groups is 2. The maximum Gasteiger partial charge on any atom is 0.321 e. The first-order valence-electron chi connectivity index (χ1n) is 13.1. The van der Waals surface area contributed by atoms with Gasteiger partial charge in [-0.05, 0) is 86.0 Å². The molecule has 38 heavy (non-hydrogen) atoms. The molecule has 198 valence electrons. The Bertz CT molecular complexity index is 1330. The molecule has 3 heterocycles. The molecule has 2 fully saturated rings. The molecule has 0 bridgehead atoms. The molecule has 0 saturated carbocycles. The van der Waals surface area contributed by atoms with E-state index < -0.39 is 16.9 Å². The molecule has 0 aliphatic carbocycles. The van der Waals surface area contributed by atoms with E-state index in [4.69, 9.17) is 0 Å². The lowest BCUT2D eigenvalue weighted by atomic mass is 9.84. The van der Waals surface area contributed by atoms with Gasteiger partial charge in [-0.3, -0.25) is 24.6 Å². The second kappa shape index (κ2) is 11.2. The maximum atomic E-state index is 12.7. The third-order valence-electron chi connectivity index (χ3n) is 8.06. The number of fused-ring (bicyclic) bond motifs is 1. The highest BCUT2D eigenvalue weighted by Crippen LogP contribution is 2.35. The number of carboxylic acids is 1. The Morgan fingerprint density at radius 2 is 1.68 bits per heavy atom. The smallest absolute Gasteiger partial charge is 0.321 e. The minimum Gasteiger partial charge on any atom is -0.480 e. The minimum absolute atomic E-state index is 0.000147. The molecule has 1 amide bonds. The fraction of sp³-hybridized carbons (Fsp3) is 0.379. The van der Waals surface area contributed by atoms with Gasteiger partial charge in [0.05, 0.1) is 4.92 Å². The quantitative estimate of drug-likeness (QED) is 0.268. The molecule has 1 atom stereocenters.